The molecule has 0 radical (unpaired) electrons. The fourth-order valence-corrected chi connectivity index (χ4v) is 3.45. The summed E-state index contributed by atoms with van der Waals surface area (Å²) in [5, 5.41) is 4.08. The number of pyridine rings is 1. The van der Waals surface area contributed by atoms with E-state index < -0.39 is 9.84 Å². The molecule has 6 heteroatoms. The number of nitrogens with zero attached hydrogens (tertiary/aromatic N) is 2. The molecule has 0 unspecified atom stereocenters. The maximum Gasteiger partial charge on any atom is 0.206 e. The van der Waals surface area contributed by atoms with Gasteiger partial charge in [-0.15, -0.1) is 0 Å². The van der Waals surface area contributed by atoms with Crippen LogP contribution in [0.4, 0.5) is 5.69 Å². The summed E-state index contributed by atoms with van der Waals surface area (Å²) in [5.74, 6) is 0. The van der Waals surface area contributed by atoms with E-state index in [1.165, 1.54) is 0 Å². The summed E-state index contributed by atoms with van der Waals surface area (Å²) in [7, 11) is -3.51. The van der Waals surface area contributed by atoms with E-state index in [-0.39, 0.29) is 9.79 Å². The van der Waals surface area contributed by atoms with Crippen LogP contribution in [-0.4, -0.2) is 19.6 Å². The first-order valence-corrected chi connectivity index (χ1v) is 9.16. The van der Waals surface area contributed by atoms with E-state index in [2.05, 4.69) is 15.5 Å². The van der Waals surface area contributed by atoms with Gasteiger partial charge >= 0.3 is 0 Å². The molecule has 0 fully saturated rings. The highest BCUT2D eigenvalue weighted by Crippen LogP contribution is 2.22. The minimum Gasteiger partial charge on any atom is -0.278 e. The zero-order valence-corrected chi connectivity index (χ0v) is 14.4. The summed E-state index contributed by atoms with van der Waals surface area (Å²) in [5.41, 5.74) is 5.29. The first-order valence-electron chi connectivity index (χ1n) is 7.68. The maximum absolute atomic E-state index is 12.6. The Morgan fingerprint density at radius 2 is 1.56 bits per heavy atom. The molecule has 3 aromatic rings. The fraction of sp³-hybridized carbons (Fsp3) is 0.0526. The van der Waals surface area contributed by atoms with Gasteiger partial charge in [-0.25, -0.2) is 8.42 Å². The Hall–Kier alpha value is -2.99. The molecule has 1 N–H and O–H groups in total. The highest BCUT2D eigenvalue weighted by molar-refractivity contribution is 7.91. The van der Waals surface area contributed by atoms with Gasteiger partial charge in [0.05, 0.1) is 27.4 Å². The van der Waals surface area contributed by atoms with Gasteiger partial charge in [0, 0.05) is 6.20 Å². The molecule has 0 saturated heterocycles. The van der Waals surface area contributed by atoms with Gasteiger partial charge in [-0.3, -0.25) is 10.4 Å². The Kier molecular flexibility index (Phi) is 4.90. The van der Waals surface area contributed by atoms with Crippen LogP contribution in [0.2, 0.25) is 0 Å². The molecular formula is C19H17N3O2S. The topological polar surface area (TPSA) is 71.4 Å². The Morgan fingerprint density at radius 1 is 0.920 bits per heavy atom. The molecule has 5 nitrogen and oxygen atoms in total. The highest BCUT2D eigenvalue weighted by atomic mass is 32.2. The lowest BCUT2D eigenvalue weighted by Gasteiger charge is -2.06. The summed E-state index contributed by atoms with van der Waals surface area (Å²) in [6.07, 6.45) is 3.28. The monoisotopic (exact) mass is 351 g/mol. The number of rotatable bonds is 5. The van der Waals surface area contributed by atoms with E-state index >= 15 is 0 Å². The first-order chi connectivity index (χ1) is 12.1. The molecule has 2 aromatic carbocycles. The van der Waals surface area contributed by atoms with Gasteiger partial charge in [-0.05, 0) is 55.5 Å². The molecular weight excluding hydrogens is 334 g/mol. The van der Waals surface area contributed by atoms with Gasteiger partial charge < -0.3 is 0 Å². The van der Waals surface area contributed by atoms with E-state index in [9.17, 15) is 8.42 Å². The third kappa shape index (κ3) is 4.10. The number of hydrogen-bond donors (Lipinski definition) is 1. The minimum atomic E-state index is -3.51. The lowest BCUT2D eigenvalue weighted by Crippen LogP contribution is -2.02. The molecule has 1 aromatic heterocycles. The van der Waals surface area contributed by atoms with Crippen molar-refractivity contribution >= 4 is 21.7 Å². The van der Waals surface area contributed by atoms with Crippen LogP contribution >= 0.6 is 0 Å². The third-order valence-corrected chi connectivity index (χ3v) is 5.36. The lowest BCUT2D eigenvalue weighted by atomic mass is 10.2. The van der Waals surface area contributed by atoms with Gasteiger partial charge in [0.25, 0.3) is 0 Å². The molecule has 0 spiro atoms. The number of hydrogen-bond acceptors (Lipinski definition) is 5. The maximum atomic E-state index is 12.6. The predicted molar refractivity (Wildman–Crippen MR) is 98.5 cm³/mol. The lowest BCUT2D eigenvalue weighted by molar-refractivity contribution is 0.596. The third-order valence-electron chi connectivity index (χ3n) is 3.57. The molecule has 0 bridgehead atoms. The SMILES string of the molecule is Cc1ccc(S(=O)(=O)c2ccc(N/N=C\c3ccccn3)cc2)cc1. The normalized spacial score (nSPS) is 11.6. The van der Waals surface area contributed by atoms with Crippen LogP contribution in [0, 0.1) is 6.92 Å². The average molecular weight is 351 g/mol. The van der Waals surface area contributed by atoms with Crippen molar-refractivity contribution in [1.29, 1.82) is 0 Å². The smallest absolute Gasteiger partial charge is 0.206 e. The number of aryl methyl sites for hydroxylation is 1. The van der Waals surface area contributed by atoms with E-state index in [4.69, 9.17) is 0 Å². The number of aromatic nitrogens is 1. The van der Waals surface area contributed by atoms with Crippen molar-refractivity contribution in [1.82, 2.24) is 4.98 Å². The van der Waals surface area contributed by atoms with Crippen LogP contribution in [0.15, 0.2) is 87.8 Å². The summed E-state index contributed by atoms with van der Waals surface area (Å²) in [4.78, 5) is 4.66. The minimum absolute atomic E-state index is 0.246. The van der Waals surface area contributed by atoms with E-state index in [0.29, 0.717) is 5.69 Å². The van der Waals surface area contributed by atoms with Gasteiger partial charge in [0.1, 0.15) is 0 Å². The summed E-state index contributed by atoms with van der Waals surface area (Å²) in [6, 6.07) is 18.8. The molecule has 1 heterocycles. The van der Waals surface area contributed by atoms with Crippen LogP contribution < -0.4 is 5.43 Å². The van der Waals surface area contributed by atoms with E-state index in [1.807, 2.05) is 25.1 Å². The Bertz CT molecular complexity index is 965. The molecule has 0 saturated carbocycles. The van der Waals surface area contributed by atoms with Gasteiger partial charge in [-0.2, -0.15) is 5.10 Å². The number of hydrazone groups is 1. The second-order valence-corrected chi connectivity index (χ2v) is 7.42. The Balaban J connectivity index is 1.73. The van der Waals surface area contributed by atoms with Crippen LogP contribution in [0.3, 0.4) is 0 Å². The zero-order valence-electron chi connectivity index (χ0n) is 13.6. The number of anilines is 1. The van der Waals surface area contributed by atoms with E-state index in [1.54, 1.807) is 60.9 Å². The first kappa shape index (κ1) is 16.9. The van der Waals surface area contributed by atoms with Crippen LogP contribution in [-0.2, 0) is 9.84 Å². The molecule has 25 heavy (non-hydrogen) atoms. The van der Waals surface area contributed by atoms with Gasteiger partial charge in [-0.1, -0.05) is 23.8 Å². The highest BCUT2D eigenvalue weighted by Gasteiger charge is 2.16. The Morgan fingerprint density at radius 3 is 2.16 bits per heavy atom. The van der Waals surface area contributed by atoms with Crippen LogP contribution in [0.1, 0.15) is 11.3 Å². The van der Waals surface area contributed by atoms with Crippen molar-refractivity contribution in [3.63, 3.8) is 0 Å². The number of benzene rings is 2. The van der Waals surface area contributed by atoms with Crippen molar-refractivity contribution in [3.05, 3.63) is 84.2 Å². The summed E-state index contributed by atoms with van der Waals surface area (Å²) in [6.45, 7) is 1.92. The van der Waals surface area contributed by atoms with E-state index in [0.717, 1.165) is 11.3 Å². The number of nitrogens with one attached hydrogen (secondary N) is 1. The van der Waals surface area contributed by atoms with Gasteiger partial charge in [0.15, 0.2) is 0 Å². The fourth-order valence-electron chi connectivity index (χ4n) is 2.19. The van der Waals surface area contributed by atoms with Gasteiger partial charge in [0.2, 0.25) is 9.84 Å². The predicted octanol–water partition coefficient (Wildman–Crippen LogP) is 3.67. The molecule has 0 aliphatic rings. The van der Waals surface area contributed by atoms with Crippen molar-refractivity contribution in [2.75, 3.05) is 5.43 Å². The zero-order chi connectivity index (χ0) is 17.7. The molecule has 0 amide bonds. The molecule has 0 aliphatic carbocycles. The summed E-state index contributed by atoms with van der Waals surface area (Å²) < 4.78 is 25.2. The van der Waals surface area contributed by atoms with Crippen LogP contribution in [0.5, 0.6) is 0 Å². The van der Waals surface area contributed by atoms with Crippen molar-refractivity contribution < 1.29 is 8.42 Å². The molecule has 0 atom stereocenters. The standard InChI is InChI=1S/C19H17N3O2S/c1-15-5-9-18(10-6-15)25(23,24)19-11-7-16(8-12-19)22-21-14-17-4-2-3-13-20-17/h2-14,22H,1H3/b21-14-. The quantitative estimate of drug-likeness (QED) is 0.562. The molecule has 3 rings (SSSR count). The van der Waals surface area contributed by atoms with Crippen molar-refractivity contribution in [3.8, 4) is 0 Å². The summed E-state index contributed by atoms with van der Waals surface area (Å²) >= 11 is 0. The number of sulfone groups is 1. The second-order valence-electron chi connectivity index (χ2n) is 5.47. The van der Waals surface area contributed by atoms with Crippen molar-refractivity contribution in [2.45, 2.75) is 16.7 Å². The second kappa shape index (κ2) is 7.27. The average Bonchev–Trinajstić information content (AvgIpc) is 2.63. The molecule has 126 valence electrons. The largest absolute Gasteiger partial charge is 0.278 e. The Labute approximate surface area is 147 Å². The van der Waals surface area contributed by atoms with Crippen LogP contribution in [0.25, 0.3) is 0 Å². The van der Waals surface area contributed by atoms with Crippen molar-refractivity contribution in [2.24, 2.45) is 5.10 Å². The molecule has 0 aliphatic heterocycles.